The first-order valence-corrected chi connectivity index (χ1v) is 12.8. The number of carbonyl (C=O) groups excluding carboxylic acids is 1. The molecule has 0 aliphatic rings. The molecule has 4 aromatic rings. The summed E-state index contributed by atoms with van der Waals surface area (Å²) < 4.78 is 2.03. The molecule has 0 atom stereocenters. The number of nitro groups is 1. The van der Waals surface area contributed by atoms with Gasteiger partial charge in [-0.05, 0) is 80.1 Å². The highest BCUT2D eigenvalue weighted by Gasteiger charge is 2.16. The molecular formula is C28H20Cl2N4O3S. The minimum absolute atomic E-state index is 0.0541. The van der Waals surface area contributed by atoms with Crippen LogP contribution >= 0.6 is 35.0 Å². The minimum atomic E-state index is -0.589. The van der Waals surface area contributed by atoms with E-state index in [2.05, 4.69) is 5.32 Å². The molecule has 1 aromatic heterocycles. The van der Waals surface area contributed by atoms with Crippen molar-refractivity contribution in [1.29, 1.82) is 5.26 Å². The number of aromatic nitrogens is 1. The molecule has 10 heteroatoms. The van der Waals surface area contributed by atoms with Gasteiger partial charge in [0.25, 0.3) is 11.6 Å². The SMILES string of the molecule is Cc1cc(/C=C(/C#N)C(=O)Nc2cccc(Cl)c2Cl)c(C)n1-c1ccc(Sc2ccc([N+](=O)[O-])cc2)cc1. The van der Waals surface area contributed by atoms with Gasteiger partial charge in [0, 0.05) is 39.0 Å². The lowest BCUT2D eigenvalue weighted by Gasteiger charge is -2.11. The Hall–Kier alpha value is -4.03. The van der Waals surface area contributed by atoms with E-state index in [-0.39, 0.29) is 16.3 Å². The number of halogens is 2. The first-order valence-electron chi connectivity index (χ1n) is 11.3. The van der Waals surface area contributed by atoms with Gasteiger partial charge < -0.3 is 9.88 Å². The van der Waals surface area contributed by atoms with Crippen molar-refractivity contribution in [2.45, 2.75) is 23.6 Å². The fraction of sp³-hybridized carbons (Fsp3) is 0.0714. The van der Waals surface area contributed by atoms with Gasteiger partial charge in [-0.25, -0.2) is 0 Å². The molecule has 0 saturated heterocycles. The molecule has 3 aromatic carbocycles. The zero-order valence-electron chi connectivity index (χ0n) is 20.2. The maximum atomic E-state index is 12.8. The second kappa shape index (κ2) is 11.6. The van der Waals surface area contributed by atoms with Gasteiger partial charge in [-0.15, -0.1) is 0 Å². The Morgan fingerprint density at radius 3 is 2.29 bits per heavy atom. The summed E-state index contributed by atoms with van der Waals surface area (Å²) in [6.45, 7) is 3.86. The van der Waals surface area contributed by atoms with E-state index in [0.29, 0.717) is 10.7 Å². The lowest BCUT2D eigenvalue weighted by atomic mass is 10.1. The number of anilines is 1. The van der Waals surface area contributed by atoms with Crippen molar-refractivity contribution < 1.29 is 9.72 Å². The van der Waals surface area contributed by atoms with Crippen LogP contribution in [0.4, 0.5) is 11.4 Å². The van der Waals surface area contributed by atoms with Crippen LogP contribution in [0.25, 0.3) is 11.8 Å². The van der Waals surface area contributed by atoms with Gasteiger partial charge in [-0.1, -0.05) is 41.0 Å². The summed E-state index contributed by atoms with van der Waals surface area (Å²) in [4.78, 5) is 25.1. The number of nitrogens with one attached hydrogen (secondary N) is 1. The Kier molecular flexibility index (Phi) is 8.23. The number of non-ortho nitro benzene ring substituents is 1. The van der Waals surface area contributed by atoms with Crippen LogP contribution < -0.4 is 5.32 Å². The van der Waals surface area contributed by atoms with Gasteiger partial charge >= 0.3 is 0 Å². The molecule has 0 aliphatic carbocycles. The van der Waals surface area contributed by atoms with E-state index in [9.17, 15) is 20.2 Å². The number of benzene rings is 3. The van der Waals surface area contributed by atoms with E-state index < -0.39 is 10.8 Å². The fourth-order valence-electron chi connectivity index (χ4n) is 3.86. The molecule has 0 radical (unpaired) electrons. The van der Waals surface area contributed by atoms with Crippen LogP contribution in [0.2, 0.25) is 10.0 Å². The summed E-state index contributed by atoms with van der Waals surface area (Å²) in [5.41, 5.74) is 3.74. The van der Waals surface area contributed by atoms with Crippen molar-refractivity contribution in [2.75, 3.05) is 5.32 Å². The van der Waals surface area contributed by atoms with E-state index in [1.54, 1.807) is 36.4 Å². The summed E-state index contributed by atoms with van der Waals surface area (Å²) in [7, 11) is 0. The summed E-state index contributed by atoms with van der Waals surface area (Å²) >= 11 is 13.7. The second-order valence-electron chi connectivity index (χ2n) is 8.23. The predicted octanol–water partition coefficient (Wildman–Crippen LogP) is 8.01. The molecule has 0 fully saturated rings. The molecule has 0 bridgehead atoms. The first-order chi connectivity index (χ1) is 18.2. The number of amides is 1. The van der Waals surface area contributed by atoms with Crippen molar-refractivity contribution in [2.24, 2.45) is 0 Å². The largest absolute Gasteiger partial charge is 0.320 e. The van der Waals surface area contributed by atoms with E-state index in [4.69, 9.17) is 23.2 Å². The Labute approximate surface area is 233 Å². The van der Waals surface area contributed by atoms with Crippen molar-refractivity contribution in [3.8, 4) is 11.8 Å². The predicted molar refractivity (Wildman–Crippen MR) is 151 cm³/mol. The highest BCUT2D eigenvalue weighted by Crippen LogP contribution is 2.32. The molecule has 1 amide bonds. The normalized spacial score (nSPS) is 11.2. The van der Waals surface area contributed by atoms with Crippen molar-refractivity contribution in [3.05, 3.63) is 115 Å². The van der Waals surface area contributed by atoms with Crippen molar-refractivity contribution >= 4 is 58.3 Å². The molecule has 38 heavy (non-hydrogen) atoms. The first kappa shape index (κ1) is 27.0. The van der Waals surface area contributed by atoms with Crippen LogP contribution in [0.3, 0.4) is 0 Å². The van der Waals surface area contributed by atoms with E-state index in [0.717, 1.165) is 32.4 Å². The Morgan fingerprint density at radius 2 is 1.68 bits per heavy atom. The van der Waals surface area contributed by atoms with Gasteiger partial charge in [0.15, 0.2) is 0 Å². The van der Waals surface area contributed by atoms with Crippen LogP contribution in [0.15, 0.2) is 88.2 Å². The van der Waals surface area contributed by atoms with Crippen molar-refractivity contribution in [3.63, 3.8) is 0 Å². The Morgan fingerprint density at radius 1 is 1.05 bits per heavy atom. The lowest BCUT2D eigenvalue weighted by molar-refractivity contribution is -0.384. The third kappa shape index (κ3) is 5.92. The topological polar surface area (TPSA) is 101 Å². The smallest absolute Gasteiger partial charge is 0.269 e. The Bertz CT molecular complexity index is 1610. The fourth-order valence-corrected chi connectivity index (χ4v) is 5.02. The third-order valence-corrected chi connectivity index (χ3v) is 7.55. The molecule has 0 saturated carbocycles. The maximum Gasteiger partial charge on any atom is 0.269 e. The molecule has 7 nitrogen and oxygen atoms in total. The summed E-state index contributed by atoms with van der Waals surface area (Å²) in [5, 5.41) is 23.7. The van der Waals surface area contributed by atoms with Gasteiger partial charge in [-0.2, -0.15) is 5.26 Å². The molecule has 0 aliphatic heterocycles. The number of nitrogens with zero attached hydrogens (tertiary/aromatic N) is 3. The van der Waals surface area contributed by atoms with Crippen molar-refractivity contribution in [1.82, 2.24) is 4.57 Å². The van der Waals surface area contributed by atoms with Gasteiger partial charge in [0.2, 0.25) is 0 Å². The number of carbonyl (C=O) groups is 1. The number of hydrogen-bond acceptors (Lipinski definition) is 5. The van der Waals surface area contributed by atoms with E-state index in [1.165, 1.54) is 23.9 Å². The second-order valence-corrected chi connectivity index (χ2v) is 10.2. The van der Waals surface area contributed by atoms with Crippen LogP contribution in [-0.4, -0.2) is 15.4 Å². The Balaban J connectivity index is 1.55. The molecule has 0 spiro atoms. The number of nitriles is 1. The number of rotatable bonds is 7. The average Bonchev–Trinajstić information content (AvgIpc) is 3.18. The standard InChI is InChI=1S/C28H20Cl2N4O3S/c1-17-14-19(15-20(16-31)28(35)32-26-5-3-4-25(29)27(26)30)18(2)33(17)21-6-10-23(11-7-21)38-24-12-8-22(9-13-24)34(36)37/h3-15H,1-2H3,(H,32,35)/b20-15-. The number of hydrogen-bond donors (Lipinski definition) is 1. The maximum absolute atomic E-state index is 12.8. The highest BCUT2D eigenvalue weighted by atomic mass is 35.5. The highest BCUT2D eigenvalue weighted by molar-refractivity contribution is 7.99. The lowest BCUT2D eigenvalue weighted by Crippen LogP contribution is -2.13. The third-order valence-electron chi connectivity index (χ3n) is 5.71. The van der Waals surface area contributed by atoms with Crippen LogP contribution in [-0.2, 0) is 4.79 Å². The van der Waals surface area contributed by atoms with Gasteiger partial charge in [0.05, 0.1) is 20.7 Å². The quantitative estimate of drug-likeness (QED) is 0.106. The zero-order chi connectivity index (χ0) is 27.4. The number of aryl methyl sites for hydroxylation is 1. The monoisotopic (exact) mass is 562 g/mol. The molecular weight excluding hydrogens is 543 g/mol. The molecule has 1 N–H and O–H groups in total. The molecule has 4 rings (SSSR count). The molecule has 1 heterocycles. The molecule has 190 valence electrons. The van der Waals surface area contributed by atoms with Crippen LogP contribution in [0.5, 0.6) is 0 Å². The van der Waals surface area contributed by atoms with Crippen LogP contribution in [0, 0.1) is 35.3 Å². The summed E-state index contributed by atoms with van der Waals surface area (Å²) in [6, 6.07) is 23.0. The zero-order valence-corrected chi connectivity index (χ0v) is 22.6. The minimum Gasteiger partial charge on any atom is -0.320 e. The van der Waals surface area contributed by atoms with Gasteiger partial charge in [-0.3, -0.25) is 14.9 Å². The van der Waals surface area contributed by atoms with Gasteiger partial charge in [0.1, 0.15) is 11.6 Å². The average molecular weight is 563 g/mol. The summed E-state index contributed by atoms with van der Waals surface area (Å²) in [5.74, 6) is -0.589. The van der Waals surface area contributed by atoms with E-state index in [1.807, 2.05) is 54.8 Å². The summed E-state index contributed by atoms with van der Waals surface area (Å²) in [6.07, 6.45) is 1.55. The molecule has 0 unspecified atom stereocenters. The van der Waals surface area contributed by atoms with Crippen LogP contribution in [0.1, 0.15) is 17.0 Å². The van der Waals surface area contributed by atoms with E-state index >= 15 is 0 Å². The number of nitro benzene ring substituents is 1.